The van der Waals surface area contributed by atoms with Crippen molar-refractivity contribution < 1.29 is 9.47 Å². The molecule has 0 bridgehead atoms. The zero-order valence-corrected chi connectivity index (χ0v) is 10.4. The van der Waals surface area contributed by atoms with Crippen LogP contribution in [0.3, 0.4) is 0 Å². The van der Waals surface area contributed by atoms with E-state index in [1.54, 1.807) is 0 Å². The molecule has 0 radical (unpaired) electrons. The molecule has 4 heteroatoms. The Hall–Kier alpha value is -0.930. The first-order chi connectivity index (χ1) is 8.21. The van der Waals surface area contributed by atoms with Crippen molar-refractivity contribution in [2.75, 3.05) is 6.79 Å². The maximum atomic E-state index is 6.49. The molecular weight excluding hydrogens is 238 g/mol. The van der Waals surface area contributed by atoms with Crippen LogP contribution >= 0.6 is 11.6 Å². The second kappa shape index (κ2) is 4.07. The summed E-state index contributed by atoms with van der Waals surface area (Å²) in [5, 5.41) is 0.629. The van der Waals surface area contributed by atoms with E-state index in [9.17, 15) is 0 Å². The summed E-state index contributed by atoms with van der Waals surface area (Å²) in [6, 6.07) is 3.90. The van der Waals surface area contributed by atoms with Gasteiger partial charge in [0.1, 0.15) is 0 Å². The summed E-state index contributed by atoms with van der Waals surface area (Å²) in [7, 11) is 0. The fourth-order valence-electron chi connectivity index (χ4n) is 2.77. The summed E-state index contributed by atoms with van der Waals surface area (Å²) >= 11 is 6.39. The van der Waals surface area contributed by atoms with Gasteiger partial charge in [0.25, 0.3) is 0 Å². The van der Waals surface area contributed by atoms with Crippen molar-refractivity contribution in [3.63, 3.8) is 0 Å². The molecule has 17 heavy (non-hydrogen) atoms. The molecule has 92 valence electrons. The molecule has 0 unspecified atom stereocenters. The van der Waals surface area contributed by atoms with Crippen molar-refractivity contribution >= 4 is 11.6 Å². The number of ether oxygens (including phenoxy) is 2. The predicted molar refractivity (Wildman–Crippen MR) is 66.5 cm³/mol. The summed E-state index contributed by atoms with van der Waals surface area (Å²) in [6.07, 6.45) is 5.59. The Bertz CT molecular complexity index is 441. The Kier molecular flexibility index (Phi) is 2.68. The normalized spacial score (nSPS) is 21.5. The van der Waals surface area contributed by atoms with Crippen LogP contribution in [0.4, 0.5) is 0 Å². The lowest BCUT2D eigenvalue weighted by atomic mass is 9.77. The van der Waals surface area contributed by atoms with Crippen LogP contribution in [0, 0.1) is 0 Å². The summed E-state index contributed by atoms with van der Waals surface area (Å²) in [5.74, 6) is 1.37. The highest BCUT2D eigenvalue weighted by Gasteiger charge is 2.34. The van der Waals surface area contributed by atoms with Gasteiger partial charge in [-0.15, -0.1) is 0 Å². The molecule has 1 aliphatic carbocycles. The van der Waals surface area contributed by atoms with Gasteiger partial charge < -0.3 is 15.2 Å². The number of hydrogen-bond acceptors (Lipinski definition) is 3. The molecule has 1 heterocycles. The maximum Gasteiger partial charge on any atom is 0.231 e. The molecule has 1 aliphatic heterocycles. The first-order valence-corrected chi connectivity index (χ1v) is 6.46. The number of rotatable bonds is 1. The van der Waals surface area contributed by atoms with E-state index in [0.717, 1.165) is 24.2 Å². The number of benzene rings is 1. The molecule has 3 rings (SSSR count). The molecule has 2 aliphatic rings. The number of nitrogens with two attached hydrogens (primary N) is 1. The van der Waals surface area contributed by atoms with Crippen LogP contribution in [-0.2, 0) is 5.54 Å². The molecule has 0 spiro atoms. The van der Waals surface area contributed by atoms with Gasteiger partial charge in [-0.1, -0.05) is 36.9 Å². The van der Waals surface area contributed by atoms with Gasteiger partial charge in [-0.05, 0) is 24.5 Å². The van der Waals surface area contributed by atoms with Gasteiger partial charge in [-0.2, -0.15) is 0 Å². The standard InChI is InChI=1S/C13H16ClNO2/c14-11-9(13(15)6-2-1-3-7-13)4-5-10-12(11)17-8-16-10/h4-5H,1-3,6-8,15H2. The Balaban J connectivity index is 2.03. The van der Waals surface area contributed by atoms with E-state index in [1.165, 1.54) is 19.3 Å². The van der Waals surface area contributed by atoms with Crippen molar-refractivity contribution in [2.24, 2.45) is 5.73 Å². The third-order valence-corrected chi connectivity index (χ3v) is 4.14. The van der Waals surface area contributed by atoms with Crippen molar-refractivity contribution in [3.8, 4) is 11.5 Å². The van der Waals surface area contributed by atoms with Crippen molar-refractivity contribution in [2.45, 2.75) is 37.6 Å². The largest absolute Gasteiger partial charge is 0.454 e. The maximum absolute atomic E-state index is 6.49. The van der Waals surface area contributed by atoms with Gasteiger partial charge in [-0.25, -0.2) is 0 Å². The highest BCUT2D eigenvalue weighted by atomic mass is 35.5. The summed E-state index contributed by atoms with van der Waals surface area (Å²) < 4.78 is 10.7. The Labute approximate surface area is 106 Å². The first-order valence-electron chi connectivity index (χ1n) is 6.08. The van der Waals surface area contributed by atoms with E-state index in [1.807, 2.05) is 12.1 Å². The molecule has 1 fully saturated rings. The van der Waals surface area contributed by atoms with E-state index in [-0.39, 0.29) is 12.3 Å². The third kappa shape index (κ3) is 1.78. The highest BCUT2D eigenvalue weighted by Crippen LogP contribution is 2.46. The predicted octanol–water partition coefficient (Wildman–Crippen LogP) is 3.19. The van der Waals surface area contributed by atoms with E-state index in [2.05, 4.69) is 0 Å². The average Bonchev–Trinajstić information content (AvgIpc) is 2.79. The lowest BCUT2D eigenvalue weighted by molar-refractivity contribution is 0.174. The second-order valence-electron chi connectivity index (χ2n) is 4.88. The molecule has 1 saturated carbocycles. The minimum Gasteiger partial charge on any atom is -0.454 e. The highest BCUT2D eigenvalue weighted by molar-refractivity contribution is 6.33. The van der Waals surface area contributed by atoms with Crippen molar-refractivity contribution in [3.05, 3.63) is 22.7 Å². The molecule has 1 aromatic rings. The lowest BCUT2D eigenvalue weighted by Crippen LogP contribution is -2.38. The van der Waals surface area contributed by atoms with Gasteiger partial charge in [0.15, 0.2) is 11.5 Å². The van der Waals surface area contributed by atoms with Crippen molar-refractivity contribution in [1.29, 1.82) is 0 Å². The molecular formula is C13H16ClNO2. The minimum absolute atomic E-state index is 0.246. The molecule has 0 saturated heterocycles. The van der Waals surface area contributed by atoms with E-state index in [4.69, 9.17) is 26.8 Å². The van der Waals surface area contributed by atoms with E-state index < -0.39 is 0 Å². The van der Waals surface area contributed by atoms with Gasteiger partial charge in [0.05, 0.1) is 5.02 Å². The average molecular weight is 254 g/mol. The Morgan fingerprint density at radius 2 is 1.88 bits per heavy atom. The topological polar surface area (TPSA) is 44.5 Å². The fourth-order valence-corrected chi connectivity index (χ4v) is 3.17. The summed E-state index contributed by atoms with van der Waals surface area (Å²) in [6.45, 7) is 0.246. The lowest BCUT2D eigenvalue weighted by Gasteiger charge is -2.34. The van der Waals surface area contributed by atoms with Crippen LogP contribution in [0.1, 0.15) is 37.7 Å². The zero-order valence-electron chi connectivity index (χ0n) is 9.67. The van der Waals surface area contributed by atoms with Crippen LogP contribution in [0.15, 0.2) is 12.1 Å². The molecule has 3 nitrogen and oxygen atoms in total. The molecule has 0 amide bonds. The second-order valence-corrected chi connectivity index (χ2v) is 5.26. The number of halogens is 1. The van der Waals surface area contributed by atoms with Crippen molar-refractivity contribution in [1.82, 2.24) is 0 Å². The third-order valence-electron chi connectivity index (χ3n) is 3.76. The SMILES string of the molecule is NC1(c2ccc3c(c2Cl)OCO3)CCCCC1. The van der Waals surface area contributed by atoms with Gasteiger partial charge in [-0.3, -0.25) is 0 Å². The van der Waals surface area contributed by atoms with Crippen LogP contribution < -0.4 is 15.2 Å². The summed E-state index contributed by atoms with van der Waals surface area (Å²) in [4.78, 5) is 0. The van der Waals surface area contributed by atoms with Gasteiger partial charge in [0.2, 0.25) is 6.79 Å². The minimum atomic E-state index is -0.295. The molecule has 0 atom stereocenters. The van der Waals surface area contributed by atoms with Crippen LogP contribution in [0.5, 0.6) is 11.5 Å². The molecule has 1 aromatic carbocycles. The Morgan fingerprint density at radius 1 is 1.12 bits per heavy atom. The number of hydrogen-bond donors (Lipinski definition) is 1. The smallest absolute Gasteiger partial charge is 0.231 e. The van der Waals surface area contributed by atoms with E-state index >= 15 is 0 Å². The van der Waals surface area contributed by atoms with Crippen LogP contribution in [0.25, 0.3) is 0 Å². The number of fused-ring (bicyclic) bond motifs is 1. The van der Waals surface area contributed by atoms with Crippen LogP contribution in [-0.4, -0.2) is 6.79 Å². The Morgan fingerprint density at radius 3 is 2.65 bits per heavy atom. The zero-order chi connectivity index (χ0) is 11.9. The van der Waals surface area contributed by atoms with Gasteiger partial charge >= 0.3 is 0 Å². The fraction of sp³-hybridized carbons (Fsp3) is 0.538. The monoisotopic (exact) mass is 253 g/mol. The van der Waals surface area contributed by atoms with Gasteiger partial charge in [0, 0.05) is 5.54 Å². The van der Waals surface area contributed by atoms with Crippen LogP contribution in [0.2, 0.25) is 5.02 Å². The van der Waals surface area contributed by atoms with E-state index in [0.29, 0.717) is 10.8 Å². The molecule has 2 N–H and O–H groups in total. The summed E-state index contributed by atoms with van der Waals surface area (Å²) in [5.41, 5.74) is 7.20. The first kappa shape index (κ1) is 11.2. The quantitative estimate of drug-likeness (QED) is 0.836. The molecule has 0 aromatic heterocycles.